The van der Waals surface area contributed by atoms with E-state index in [1.54, 1.807) is 35.2 Å². The van der Waals surface area contributed by atoms with Gasteiger partial charge in [0, 0.05) is 37.1 Å². The lowest BCUT2D eigenvalue weighted by atomic mass is 10.1. The average Bonchev–Trinajstić information content (AvgIpc) is 3.21. The maximum atomic E-state index is 13.4. The van der Waals surface area contributed by atoms with Crippen LogP contribution in [0.15, 0.2) is 71.6 Å². The van der Waals surface area contributed by atoms with E-state index in [0.29, 0.717) is 16.6 Å². The molecule has 1 aromatic heterocycles. The van der Waals surface area contributed by atoms with Crippen molar-refractivity contribution in [3.05, 3.63) is 78.2 Å². The summed E-state index contributed by atoms with van der Waals surface area (Å²) in [5.74, 6) is -0.586. The third-order valence-corrected chi connectivity index (χ3v) is 7.59. The summed E-state index contributed by atoms with van der Waals surface area (Å²) < 4.78 is 41.0. The molecule has 0 bridgehead atoms. The molecule has 0 radical (unpaired) electrons. The Balaban J connectivity index is 1.32. The van der Waals surface area contributed by atoms with Crippen LogP contribution in [0, 0.1) is 5.82 Å². The Morgan fingerprint density at radius 2 is 1.58 bits per heavy atom. The minimum atomic E-state index is -3.65. The Kier molecular flexibility index (Phi) is 4.75. The van der Waals surface area contributed by atoms with Gasteiger partial charge in [0.05, 0.1) is 4.90 Å². The lowest BCUT2D eigenvalue weighted by Gasteiger charge is -2.33. The highest BCUT2D eigenvalue weighted by Gasteiger charge is 2.31. The Morgan fingerprint density at radius 1 is 0.839 bits per heavy atom. The summed E-state index contributed by atoms with van der Waals surface area (Å²) in [4.78, 5) is 17.7. The molecule has 8 heteroatoms. The summed E-state index contributed by atoms with van der Waals surface area (Å²) in [5.41, 5.74) is 1.05. The van der Waals surface area contributed by atoms with Crippen LogP contribution >= 0.6 is 0 Å². The Hall–Kier alpha value is -3.23. The predicted molar refractivity (Wildman–Crippen MR) is 117 cm³/mol. The number of nitrogens with one attached hydrogen (secondary N) is 1. The third kappa shape index (κ3) is 3.58. The van der Waals surface area contributed by atoms with E-state index >= 15 is 0 Å². The number of rotatable bonds is 3. The molecule has 0 spiro atoms. The molecule has 3 aromatic carbocycles. The van der Waals surface area contributed by atoms with Gasteiger partial charge >= 0.3 is 0 Å². The van der Waals surface area contributed by atoms with E-state index in [9.17, 15) is 17.6 Å². The van der Waals surface area contributed by atoms with Crippen molar-refractivity contribution in [1.82, 2.24) is 14.2 Å². The van der Waals surface area contributed by atoms with Gasteiger partial charge in [-0.2, -0.15) is 4.31 Å². The molecule has 1 aliphatic heterocycles. The summed E-state index contributed by atoms with van der Waals surface area (Å²) in [6.07, 6.45) is 0. The fourth-order valence-electron chi connectivity index (χ4n) is 4.00. The van der Waals surface area contributed by atoms with Crippen molar-refractivity contribution >= 4 is 37.6 Å². The van der Waals surface area contributed by atoms with Crippen LogP contribution in [0.2, 0.25) is 0 Å². The highest BCUT2D eigenvalue weighted by molar-refractivity contribution is 7.89. The number of H-pyrrole nitrogens is 1. The third-order valence-electron chi connectivity index (χ3n) is 5.70. The molecule has 0 unspecified atom stereocenters. The lowest BCUT2D eigenvalue weighted by molar-refractivity contribution is 0.0693. The molecule has 31 heavy (non-hydrogen) atoms. The molecule has 4 aromatic rings. The molecular formula is C23H20FN3O3S. The van der Waals surface area contributed by atoms with E-state index in [2.05, 4.69) is 4.98 Å². The molecule has 2 heterocycles. The van der Waals surface area contributed by atoms with Gasteiger partial charge in [-0.05, 0) is 47.2 Å². The summed E-state index contributed by atoms with van der Waals surface area (Å²) in [5, 5.41) is 2.48. The molecule has 6 nitrogen and oxygen atoms in total. The number of benzene rings is 3. The van der Waals surface area contributed by atoms with Crippen LogP contribution in [-0.4, -0.2) is 54.7 Å². The van der Waals surface area contributed by atoms with Crippen molar-refractivity contribution < 1.29 is 17.6 Å². The summed E-state index contributed by atoms with van der Waals surface area (Å²) in [6, 6.07) is 18.7. The number of hydrogen-bond acceptors (Lipinski definition) is 3. The van der Waals surface area contributed by atoms with E-state index in [1.807, 2.05) is 24.3 Å². The molecule has 0 aliphatic carbocycles. The van der Waals surface area contributed by atoms with Crippen LogP contribution in [0.25, 0.3) is 21.7 Å². The zero-order valence-electron chi connectivity index (χ0n) is 16.6. The maximum Gasteiger partial charge on any atom is 0.270 e. The number of piperazine rings is 1. The second-order valence-corrected chi connectivity index (χ2v) is 9.56. The first kappa shape index (κ1) is 19.7. The molecular weight excluding hydrogens is 417 g/mol. The number of aromatic nitrogens is 1. The van der Waals surface area contributed by atoms with Gasteiger partial charge in [-0.15, -0.1) is 0 Å². The molecule has 0 saturated carbocycles. The van der Waals surface area contributed by atoms with E-state index in [-0.39, 0.29) is 42.8 Å². The molecule has 158 valence electrons. The molecule has 1 N–H and O–H groups in total. The predicted octanol–water partition coefficient (Wildman–Crippen LogP) is 3.61. The molecule has 1 fully saturated rings. The molecule has 1 amide bonds. The number of sulfonamides is 1. The van der Waals surface area contributed by atoms with Gasteiger partial charge in [0.25, 0.3) is 5.91 Å². The zero-order valence-corrected chi connectivity index (χ0v) is 17.4. The van der Waals surface area contributed by atoms with Crippen LogP contribution in [0.1, 0.15) is 10.5 Å². The monoisotopic (exact) mass is 437 g/mol. The standard InChI is InChI=1S/C23H20FN3O3S/c24-19-6-8-21-18(13-19)15-22(25-21)23(28)26-9-11-27(12-10-26)31(29,30)20-7-5-16-3-1-2-4-17(16)14-20/h1-8,13-15,25H,9-12H2. The number of aromatic amines is 1. The van der Waals surface area contributed by atoms with E-state index in [1.165, 1.54) is 16.4 Å². The number of fused-ring (bicyclic) bond motifs is 2. The number of amides is 1. The summed E-state index contributed by atoms with van der Waals surface area (Å²) in [6.45, 7) is 1.01. The van der Waals surface area contributed by atoms with Gasteiger partial charge in [-0.3, -0.25) is 4.79 Å². The van der Waals surface area contributed by atoms with Crippen molar-refractivity contribution in [2.45, 2.75) is 4.90 Å². The van der Waals surface area contributed by atoms with Crippen molar-refractivity contribution in [2.24, 2.45) is 0 Å². The lowest BCUT2D eigenvalue weighted by Crippen LogP contribution is -2.50. The van der Waals surface area contributed by atoms with Crippen LogP contribution < -0.4 is 0 Å². The highest BCUT2D eigenvalue weighted by atomic mass is 32.2. The zero-order chi connectivity index (χ0) is 21.6. The molecule has 1 saturated heterocycles. The Bertz CT molecular complexity index is 1410. The fourth-order valence-corrected chi connectivity index (χ4v) is 5.46. The minimum absolute atomic E-state index is 0.218. The van der Waals surface area contributed by atoms with Crippen molar-refractivity contribution in [1.29, 1.82) is 0 Å². The Labute approximate surface area is 178 Å². The number of nitrogens with zero attached hydrogens (tertiary/aromatic N) is 2. The number of halogens is 1. The first-order chi connectivity index (χ1) is 14.9. The second-order valence-electron chi connectivity index (χ2n) is 7.62. The van der Waals surface area contributed by atoms with Crippen LogP contribution in [0.4, 0.5) is 4.39 Å². The van der Waals surface area contributed by atoms with Crippen molar-refractivity contribution in [3.63, 3.8) is 0 Å². The SMILES string of the molecule is O=C(c1cc2cc(F)ccc2[nH]1)N1CCN(S(=O)(=O)c2ccc3ccccc3c2)CC1. The van der Waals surface area contributed by atoms with Gasteiger partial charge in [0.2, 0.25) is 10.0 Å². The van der Waals surface area contributed by atoms with Crippen LogP contribution in [-0.2, 0) is 10.0 Å². The van der Waals surface area contributed by atoms with E-state index in [0.717, 1.165) is 10.8 Å². The van der Waals surface area contributed by atoms with Gasteiger partial charge in [0.1, 0.15) is 11.5 Å². The quantitative estimate of drug-likeness (QED) is 0.532. The minimum Gasteiger partial charge on any atom is -0.351 e. The fraction of sp³-hybridized carbons (Fsp3) is 0.174. The van der Waals surface area contributed by atoms with Gasteiger partial charge < -0.3 is 9.88 Å². The number of carbonyl (C=O) groups is 1. The van der Waals surface area contributed by atoms with Gasteiger partial charge in [-0.1, -0.05) is 30.3 Å². The van der Waals surface area contributed by atoms with Gasteiger partial charge in [0.15, 0.2) is 0 Å². The van der Waals surface area contributed by atoms with Crippen molar-refractivity contribution in [2.75, 3.05) is 26.2 Å². The van der Waals surface area contributed by atoms with Crippen molar-refractivity contribution in [3.8, 4) is 0 Å². The van der Waals surface area contributed by atoms with Gasteiger partial charge in [-0.25, -0.2) is 12.8 Å². The second kappa shape index (κ2) is 7.47. The first-order valence-corrected chi connectivity index (χ1v) is 11.4. The Morgan fingerprint density at radius 3 is 2.35 bits per heavy atom. The average molecular weight is 437 g/mol. The maximum absolute atomic E-state index is 13.4. The normalized spacial score (nSPS) is 15.6. The number of carbonyl (C=O) groups excluding carboxylic acids is 1. The largest absolute Gasteiger partial charge is 0.351 e. The molecule has 1 aliphatic rings. The summed E-state index contributed by atoms with van der Waals surface area (Å²) >= 11 is 0. The first-order valence-electron chi connectivity index (χ1n) is 9.98. The topological polar surface area (TPSA) is 73.5 Å². The smallest absolute Gasteiger partial charge is 0.270 e. The van der Waals surface area contributed by atoms with Crippen LogP contribution in [0.5, 0.6) is 0 Å². The highest BCUT2D eigenvalue weighted by Crippen LogP contribution is 2.24. The summed E-state index contributed by atoms with van der Waals surface area (Å²) in [7, 11) is -3.65. The molecule has 0 atom stereocenters. The van der Waals surface area contributed by atoms with Crippen LogP contribution in [0.3, 0.4) is 0 Å². The number of hydrogen-bond donors (Lipinski definition) is 1. The molecule has 5 rings (SSSR count). The van der Waals surface area contributed by atoms with E-state index in [4.69, 9.17) is 0 Å². The van der Waals surface area contributed by atoms with E-state index < -0.39 is 10.0 Å².